The number of rotatable bonds is 5. The minimum atomic E-state index is -0.0574. The van der Waals surface area contributed by atoms with E-state index in [9.17, 15) is 4.79 Å². The predicted octanol–water partition coefficient (Wildman–Crippen LogP) is 1.57. The van der Waals surface area contributed by atoms with Gasteiger partial charge in [0, 0.05) is 6.42 Å². The van der Waals surface area contributed by atoms with E-state index >= 15 is 0 Å². The first-order valence-corrected chi connectivity index (χ1v) is 6.98. The first-order chi connectivity index (χ1) is 8.29. The van der Waals surface area contributed by atoms with Crippen molar-refractivity contribution in [3.8, 4) is 0 Å². The molecule has 1 amide bonds. The first-order valence-electron chi connectivity index (χ1n) is 6.16. The van der Waals surface area contributed by atoms with Crippen LogP contribution < -0.4 is 10.6 Å². The largest absolute Gasteiger partial charge is 0.306 e. The van der Waals surface area contributed by atoms with Crippen LogP contribution in [0.25, 0.3) is 0 Å². The van der Waals surface area contributed by atoms with E-state index in [0.29, 0.717) is 5.13 Å². The summed E-state index contributed by atoms with van der Waals surface area (Å²) in [5.74, 6) is 0.0145. The minimum Gasteiger partial charge on any atom is -0.306 e. The standard InChI is InChI=1S/C11H18N4OS/c1-2-3-6-9-14-15-11(17-9)13-10(16)8-5-4-7-12-8/h8,12H,2-7H2,1H3,(H,13,15,16). The monoisotopic (exact) mass is 254 g/mol. The van der Waals surface area contributed by atoms with Crippen molar-refractivity contribution < 1.29 is 4.79 Å². The van der Waals surface area contributed by atoms with Gasteiger partial charge in [-0.3, -0.25) is 10.1 Å². The number of unbranched alkanes of at least 4 members (excludes halogenated alkanes) is 1. The van der Waals surface area contributed by atoms with Crippen LogP contribution in [0, 0.1) is 0 Å². The van der Waals surface area contributed by atoms with Crippen molar-refractivity contribution >= 4 is 22.4 Å². The Balaban J connectivity index is 1.85. The highest BCUT2D eigenvalue weighted by Gasteiger charge is 2.22. The number of hydrogen-bond donors (Lipinski definition) is 2. The molecule has 1 aliphatic rings. The third-order valence-corrected chi connectivity index (χ3v) is 3.72. The van der Waals surface area contributed by atoms with Gasteiger partial charge in [-0.25, -0.2) is 0 Å². The van der Waals surface area contributed by atoms with Crippen LogP contribution in [0.2, 0.25) is 0 Å². The quantitative estimate of drug-likeness (QED) is 0.837. The zero-order valence-electron chi connectivity index (χ0n) is 10.0. The van der Waals surface area contributed by atoms with Crippen LogP contribution >= 0.6 is 11.3 Å². The molecule has 0 radical (unpaired) electrons. The van der Waals surface area contributed by atoms with Gasteiger partial charge in [0.25, 0.3) is 0 Å². The molecule has 1 aromatic heterocycles. The van der Waals surface area contributed by atoms with Crippen molar-refractivity contribution in [3.05, 3.63) is 5.01 Å². The maximum atomic E-state index is 11.8. The Bertz CT molecular complexity index is 373. The molecule has 1 aliphatic heterocycles. The minimum absolute atomic E-state index is 0.0145. The normalized spacial score (nSPS) is 19.5. The van der Waals surface area contributed by atoms with Crippen LogP contribution in [-0.2, 0) is 11.2 Å². The molecule has 17 heavy (non-hydrogen) atoms. The van der Waals surface area contributed by atoms with Crippen LogP contribution in [0.3, 0.4) is 0 Å². The molecular weight excluding hydrogens is 236 g/mol. The number of hydrogen-bond acceptors (Lipinski definition) is 5. The van der Waals surface area contributed by atoms with Gasteiger partial charge in [-0.2, -0.15) is 0 Å². The molecule has 2 rings (SSSR count). The van der Waals surface area contributed by atoms with Gasteiger partial charge in [-0.1, -0.05) is 24.7 Å². The first kappa shape index (κ1) is 12.4. The summed E-state index contributed by atoms with van der Waals surface area (Å²) in [5.41, 5.74) is 0. The topological polar surface area (TPSA) is 66.9 Å². The molecule has 94 valence electrons. The molecule has 1 saturated heterocycles. The van der Waals surface area contributed by atoms with Gasteiger partial charge >= 0.3 is 0 Å². The van der Waals surface area contributed by atoms with Crippen molar-refractivity contribution in [2.75, 3.05) is 11.9 Å². The van der Waals surface area contributed by atoms with Gasteiger partial charge in [0.15, 0.2) is 0 Å². The summed E-state index contributed by atoms with van der Waals surface area (Å²) in [5, 5.41) is 15.7. The van der Waals surface area contributed by atoms with Gasteiger partial charge in [-0.05, 0) is 25.8 Å². The number of amides is 1. The SMILES string of the molecule is CCCCc1nnc(NC(=O)C2CCCN2)s1. The Morgan fingerprint density at radius 3 is 3.18 bits per heavy atom. The molecule has 0 aromatic carbocycles. The Kier molecular flexibility index (Phi) is 4.44. The molecule has 6 heteroatoms. The zero-order valence-corrected chi connectivity index (χ0v) is 10.8. The van der Waals surface area contributed by atoms with Gasteiger partial charge in [0.2, 0.25) is 11.0 Å². The van der Waals surface area contributed by atoms with E-state index in [1.165, 1.54) is 11.3 Å². The fraction of sp³-hybridized carbons (Fsp3) is 0.727. The van der Waals surface area contributed by atoms with Crippen LogP contribution in [-0.4, -0.2) is 28.7 Å². The smallest absolute Gasteiger partial charge is 0.243 e. The Hall–Kier alpha value is -1.01. The van der Waals surface area contributed by atoms with E-state index in [-0.39, 0.29) is 11.9 Å². The van der Waals surface area contributed by atoms with Crippen molar-refractivity contribution in [2.45, 2.75) is 45.1 Å². The second-order valence-corrected chi connectivity index (χ2v) is 5.30. The average molecular weight is 254 g/mol. The Labute approximate surface area is 105 Å². The Morgan fingerprint density at radius 1 is 1.59 bits per heavy atom. The van der Waals surface area contributed by atoms with Crippen LogP contribution in [0.1, 0.15) is 37.6 Å². The summed E-state index contributed by atoms with van der Waals surface area (Å²) in [7, 11) is 0. The predicted molar refractivity (Wildman–Crippen MR) is 68.2 cm³/mol. The molecule has 1 fully saturated rings. The summed E-state index contributed by atoms with van der Waals surface area (Å²) < 4.78 is 0. The third kappa shape index (κ3) is 3.47. The molecule has 1 atom stereocenters. The molecule has 1 aromatic rings. The summed E-state index contributed by atoms with van der Waals surface area (Å²) in [6.07, 6.45) is 5.19. The lowest BCUT2D eigenvalue weighted by Gasteiger charge is -2.07. The van der Waals surface area contributed by atoms with E-state index in [4.69, 9.17) is 0 Å². The average Bonchev–Trinajstić information content (AvgIpc) is 2.97. The number of carbonyl (C=O) groups excluding carboxylic acids is 1. The number of aryl methyl sites for hydroxylation is 1. The number of carbonyl (C=O) groups is 1. The lowest BCUT2D eigenvalue weighted by molar-refractivity contribution is -0.117. The molecule has 0 spiro atoms. The number of anilines is 1. The molecule has 0 bridgehead atoms. The van der Waals surface area contributed by atoms with Gasteiger partial charge in [0.05, 0.1) is 6.04 Å². The Morgan fingerprint density at radius 2 is 2.47 bits per heavy atom. The molecule has 2 N–H and O–H groups in total. The number of aromatic nitrogens is 2. The van der Waals surface area contributed by atoms with Crippen LogP contribution in [0.5, 0.6) is 0 Å². The summed E-state index contributed by atoms with van der Waals surface area (Å²) in [6.45, 7) is 3.07. The number of nitrogens with zero attached hydrogens (tertiary/aromatic N) is 2. The highest BCUT2D eigenvalue weighted by molar-refractivity contribution is 7.15. The van der Waals surface area contributed by atoms with E-state index < -0.39 is 0 Å². The highest BCUT2D eigenvalue weighted by Crippen LogP contribution is 2.18. The summed E-state index contributed by atoms with van der Waals surface area (Å²) in [6, 6.07) is -0.0574. The zero-order chi connectivity index (χ0) is 12.1. The van der Waals surface area contributed by atoms with Crippen molar-refractivity contribution in [1.29, 1.82) is 0 Å². The molecule has 0 aliphatic carbocycles. The van der Waals surface area contributed by atoms with E-state index in [0.717, 1.165) is 43.7 Å². The van der Waals surface area contributed by atoms with Crippen molar-refractivity contribution in [2.24, 2.45) is 0 Å². The fourth-order valence-electron chi connectivity index (χ4n) is 1.83. The third-order valence-electron chi connectivity index (χ3n) is 2.82. The molecular formula is C11H18N4OS. The fourth-order valence-corrected chi connectivity index (χ4v) is 2.62. The summed E-state index contributed by atoms with van der Waals surface area (Å²) >= 11 is 1.48. The van der Waals surface area contributed by atoms with E-state index in [1.54, 1.807) is 0 Å². The van der Waals surface area contributed by atoms with Gasteiger partial charge in [-0.15, -0.1) is 10.2 Å². The lowest BCUT2D eigenvalue weighted by Crippen LogP contribution is -2.35. The maximum Gasteiger partial charge on any atom is 0.243 e. The number of nitrogens with one attached hydrogen (secondary N) is 2. The molecule has 0 saturated carbocycles. The van der Waals surface area contributed by atoms with Gasteiger partial charge in [0.1, 0.15) is 5.01 Å². The highest BCUT2D eigenvalue weighted by atomic mass is 32.1. The lowest BCUT2D eigenvalue weighted by atomic mass is 10.2. The second kappa shape index (κ2) is 6.07. The molecule has 5 nitrogen and oxygen atoms in total. The van der Waals surface area contributed by atoms with Crippen LogP contribution in [0.4, 0.5) is 5.13 Å². The molecule has 2 heterocycles. The maximum absolute atomic E-state index is 11.8. The van der Waals surface area contributed by atoms with E-state index in [1.807, 2.05) is 0 Å². The second-order valence-electron chi connectivity index (χ2n) is 4.24. The van der Waals surface area contributed by atoms with Gasteiger partial charge < -0.3 is 5.32 Å². The van der Waals surface area contributed by atoms with Crippen molar-refractivity contribution in [3.63, 3.8) is 0 Å². The van der Waals surface area contributed by atoms with Crippen molar-refractivity contribution in [1.82, 2.24) is 15.5 Å². The molecule has 1 unspecified atom stereocenters. The van der Waals surface area contributed by atoms with E-state index in [2.05, 4.69) is 27.8 Å². The van der Waals surface area contributed by atoms with Crippen LogP contribution in [0.15, 0.2) is 0 Å². The summed E-state index contributed by atoms with van der Waals surface area (Å²) in [4.78, 5) is 11.8.